The number of hydrogen-bond acceptors (Lipinski definition) is 7. The summed E-state index contributed by atoms with van der Waals surface area (Å²) in [6.45, 7) is 6.39. The quantitative estimate of drug-likeness (QED) is 0.831. The van der Waals surface area contributed by atoms with E-state index >= 15 is 0 Å². The van der Waals surface area contributed by atoms with Crippen LogP contribution < -0.4 is 14.4 Å². The molecule has 0 amide bonds. The van der Waals surface area contributed by atoms with Gasteiger partial charge in [-0.15, -0.1) is 0 Å². The van der Waals surface area contributed by atoms with Crippen LogP contribution in [0.15, 0.2) is 12.1 Å². The van der Waals surface area contributed by atoms with Gasteiger partial charge in [0, 0.05) is 44.4 Å². The third-order valence-electron chi connectivity index (χ3n) is 5.17. The van der Waals surface area contributed by atoms with Crippen molar-refractivity contribution in [1.82, 2.24) is 9.88 Å². The summed E-state index contributed by atoms with van der Waals surface area (Å²) in [4.78, 5) is 9.85. The van der Waals surface area contributed by atoms with Crippen LogP contribution in [0.4, 0.5) is 5.13 Å². The normalized spacial score (nSPS) is 22.4. The van der Waals surface area contributed by atoms with Crippen LogP contribution in [-0.2, 0) is 4.74 Å². The lowest BCUT2D eigenvalue weighted by Crippen LogP contribution is -2.49. The van der Waals surface area contributed by atoms with Gasteiger partial charge in [0.05, 0.1) is 23.4 Å². The lowest BCUT2D eigenvalue weighted by molar-refractivity contribution is 0.0115. The summed E-state index contributed by atoms with van der Waals surface area (Å²) in [6.07, 6.45) is 2.41. The molecular formula is C17H21N3O3S. The fourth-order valence-electron chi connectivity index (χ4n) is 3.81. The second-order valence-corrected chi connectivity index (χ2v) is 7.55. The van der Waals surface area contributed by atoms with E-state index in [2.05, 4.69) is 15.9 Å². The zero-order valence-corrected chi connectivity index (χ0v) is 14.4. The minimum atomic E-state index is 0.314. The van der Waals surface area contributed by atoms with Gasteiger partial charge in [-0.25, -0.2) is 4.98 Å². The van der Waals surface area contributed by atoms with Gasteiger partial charge in [0.2, 0.25) is 6.79 Å². The number of anilines is 1. The highest BCUT2D eigenvalue weighted by molar-refractivity contribution is 7.22. The van der Waals surface area contributed by atoms with E-state index in [0.717, 1.165) is 61.5 Å². The van der Waals surface area contributed by atoms with E-state index in [4.69, 9.17) is 19.2 Å². The number of fused-ring (bicyclic) bond motifs is 2. The maximum Gasteiger partial charge on any atom is 0.231 e. The lowest BCUT2D eigenvalue weighted by Gasteiger charge is -2.40. The molecule has 3 aliphatic rings. The van der Waals surface area contributed by atoms with Gasteiger partial charge in [-0.05, 0) is 12.8 Å². The highest BCUT2D eigenvalue weighted by Gasteiger charge is 2.27. The number of rotatable bonds is 2. The van der Waals surface area contributed by atoms with Crippen molar-refractivity contribution in [3.05, 3.63) is 12.1 Å². The van der Waals surface area contributed by atoms with Crippen molar-refractivity contribution in [2.24, 2.45) is 0 Å². The number of ether oxygens (including phenoxy) is 3. The van der Waals surface area contributed by atoms with Crippen molar-refractivity contribution in [2.75, 3.05) is 51.1 Å². The van der Waals surface area contributed by atoms with Crippen LogP contribution in [0.5, 0.6) is 11.5 Å². The maximum atomic E-state index is 5.47. The van der Waals surface area contributed by atoms with E-state index in [9.17, 15) is 0 Å². The Kier molecular flexibility index (Phi) is 3.72. The number of aromatic nitrogens is 1. The Hall–Kier alpha value is -1.57. The average molecular weight is 347 g/mol. The van der Waals surface area contributed by atoms with Crippen molar-refractivity contribution in [3.8, 4) is 11.5 Å². The van der Waals surface area contributed by atoms with E-state index in [1.807, 2.05) is 6.07 Å². The first-order valence-electron chi connectivity index (χ1n) is 8.64. The van der Waals surface area contributed by atoms with Crippen molar-refractivity contribution in [2.45, 2.75) is 18.9 Å². The molecule has 0 atom stereocenters. The van der Waals surface area contributed by atoms with Crippen LogP contribution in [0, 0.1) is 0 Å². The van der Waals surface area contributed by atoms with Gasteiger partial charge in [-0.2, -0.15) is 0 Å². The zero-order chi connectivity index (χ0) is 15.9. The molecule has 3 aliphatic heterocycles. The minimum absolute atomic E-state index is 0.314. The van der Waals surface area contributed by atoms with Gasteiger partial charge in [0.1, 0.15) is 0 Å². The highest BCUT2D eigenvalue weighted by Crippen LogP contribution is 2.40. The molecule has 0 aliphatic carbocycles. The van der Waals surface area contributed by atoms with Crippen molar-refractivity contribution < 1.29 is 14.2 Å². The second-order valence-electron chi connectivity index (χ2n) is 6.54. The molecule has 0 N–H and O–H groups in total. The monoisotopic (exact) mass is 347 g/mol. The molecule has 128 valence electrons. The molecule has 5 rings (SSSR count). The van der Waals surface area contributed by atoms with Crippen molar-refractivity contribution in [1.29, 1.82) is 0 Å². The summed E-state index contributed by atoms with van der Waals surface area (Å²) in [7, 11) is 0. The minimum Gasteiger partial charge on any atom is -0.454 e. The molecule has 0 unspecified atom stereocenters. The molecule has 6 nitrogen and oxygen atoms in total. The third kappa shape index (κ3) is 2.60. The Morgan fingerprint density at radius 3 is 2.54 bits per heavy atom. The van der Waals surface area contributed by atoms with Gasteiger partial charge in [0.25, 0.3) is 0 Å². The lowest BCUT2D eigenvalue weighted by atomic mass is 10.0. The Labute approximate surface area is 144 Å². The van der Waals surface area contributed by atoms with Crippen LogP contribution in [-0.4, -0.2) is 62.1 Å². The van der Waals surface area contributed by atoms with E-state index in [1.54, 1.807) is 11.3 Å². The van der Waals surface area contributed by atoms with Crippen LogP contribution in [0.2, 0.25) is 0 Å². The molecule has 0 spiro atoms. The topological polar surface area (TPSA) is 47.1 Å². The summed E-state index contributed by atoms with van der Waals surface area (Å²) < 4.78 is 17.6. The Balaban J connectivity index is 1.30. The fourth-order valence-corrected chi connectivity index (χ4v) is 4.83. The summed E-state index contributed by atoms with van der Waals surface area (Å²) in [6, 6.07) is 4.75. The molecule has 2 saturated heterocycles. The third-order valence-corrected chi connectivity index (χ3v) is 6.25. The smallest absolute Gasteiger partial charge is 0.231 e. The fraction of sp³-hybridized carbons (Fsp3) is 0.588. The van der Waals surface area contributed by atoms with Crippen LogP contribution in [0.1, 0.15) is 12.8 Å². The SMILES string of the molecule is c1c2c(cc3sc(N4CCC(N5CCOCC5)CC4)nc13)OCO2. The molecular weight excluding hydrogens is 326 g/mol. The van der Waals surface area contributed by atoms with Gasteiger partial charge >= 0.3 is 0 Å². The molecule has 0 saturated carbocycles. The first kappa shape index (κ1) is 14.7. The molecule has 1 aromatic heterocycles. The Morgan fingerprint density at radius 2 is 1.75 bits per heavy atom. The van der Waals surface area contributed by atoms with E-state index in [-0.39, 0.29) is 0 Å². The predicted octanol–water partition coefficient (Wildman–Crippen LogP) is 2.33. The summed E-state index contributed by atoms with van der Waals surface area (Å²) in [5, 5.41) is 1.12. The summed E-state index contributed by atoms with van der Waals surface area (Å²) in [5.41, 5.74) is 1.01. The van der Waals surface area contributed by atoms with Gasteiger partial charge in [-0.3, -0.25) is 4.90 Å². The number of thiazole rings is 1. The van der Waals surface area contributed by atoms with E-state index in [1.165, 1.54) is 17.5 Å². The van der Waals surface area contributed by atoms with Crippen LogP contribution in [0.3, 0.4) is 0 Å². The van der Waals surface area contributed by atoms with Gasteiger partial charge in [0.15, 0.2) is 16.6 Å². The first-order valence-corrected chi connectivity index (χ1v) is 9.45. The number of benzene rings is 1. The molecule has 4 heterocycles. The maximum absolute atomic E-state index is 5.47. The first-order chi connectivity index (χ1) is 11.9. The number of piperidine rings is 1. The molecule has 7 heteroatoms. The predicted molar refractivity (Wildman–Crippen MR) is 93.4 cm³/mol. The molecule has 0 bridgehead atoms. The Morgan fingerprint density at radius 1 is 1.00 bits per heavy atom. The molecule has 1 aromatic carbocycles. The molecule has 24 heavy (non-hydrogen) atoms. The van der Waals surface area contributed by atoms with E-state index < -0.39 is 0 Å². The molecule has 0 radical (unpaired) electrons. The molecule has 2 fully saturated rings. The Bertz CT molecular complexity index is 695. The largest absolute Gasteiger partial charge is 0.454 e. The van der Waals surface area contributed by atoms with E-state index in [0.29, 0.717) is 12.8 Å². The molecule has 2 aromatic rings. The van der Waals surface area contributed by atoms with Crippen LogP contribution in [0.25, 0.3) is 10.2 Å². The average Bonchev–Trinajstić information content (AvgIpc) is 3.26. The van der Waals surface area contributed by atoms with Gasteiger partial charge in [-0.1, -0.05) is 11.3 Å². The zero-order valence-electron chi connectivity index (χ0n) is 13.6. The van der Waals surface area contributed by atoms with Crippen molar-refractivity contribution >= 4 is 26.7 Å². The second kappa shape index (κ2) is 6.06. The highest BCUT2D eigenvalue weighted by atomic mass is 32.1. The van der Waals surface area contributed by atoms with Gasteiger partial charge < -0.3 is 19.1 Å². The van der Waals surface area contributed by atoms with Crippen molar-refractivity contribution in [3.63, 3.8) is 0 Å². The number of morpholine rings is 1. The number of nitrogens with zero attached hydrogens (tertiary/aromatic N) is 3. The summed E-state index contributed by atoms with van der Waals surface area (Å²) >= 11 is 1.75. The van der Waals surface area contributed by atoms with Crippen LogP contribution >= 0.6 is 11.3 Å². The number of hydrogen-bond donors (Lipinski definition) is 0. The summed E-state index contributed by atoms with van der Waals surface area (Å²) in [5.74, 6) is 1.65. The standard InChI is InChI=1S/C17H21N3O3S/c1-3-20(4-2-12(1)19-5-7-21-8-6-19)17-18-13-9-14-15(23-11-22-14)10-16(13)24-17/h9-10,12H,1-8,11H2.